The predicted molar refractivity (Wildman–Crippen MR) is 101 cm³/mol. The van der Waals surface area contributed by atoms with Crippen molar-refractivity contribution in [3.05, 3.63) is 84.3 Å². The standard InChI is InChI=1S/C21H22N2O3/c1-2-25-19-11-6-10-18(14-19)22-21(24)23(16-20-12-7-13-26-20)15-17-8-4-3-5-9-17/h3-14H,2,15-16H2,1H3,(H,22,24). The van der Waals surface area contributed by atoms with Crippen molar-refractivity contribution in [3.63, 3.8) is 0 Å². The van der Waals surface area contributed by atoms with Crippen molar-refractivity contribution < 1.29 is 13.9 Å². The molecule has 0 radical (unpaired) electrons. The van der Waals surface area contributed by atoms with Crippen LogP contribution < -0.4 is 10.1 Å². The van der Waals surface area contributed by atoms with E-state index in [0.717, 1.165) is 17.1 Å². The average molecular weight is 350 g/mol. The lowest BCUT2D eigenvalue weighted by molar-refractivity contribution is 0.201. The first-order valence-corrected chi connectivity index (χ1v) is 8.59. The maximum absolute atomic E-state index is 12.8. The first-order chi connectivity index (χ1) is 12.7. The van der Waals surface area contributed by atoms with Crippen LogP contribution in [0.3, 0.4) is 0 Å². The highest BCUT2D eigenvalue weighted by molar-refractivity contribution is 5.89. The number of hydrogen-bond donors (Lipinski definition) is 1. The second-order valence-electron chi connectivity index (χ2n) is 5.81. The first-order valence-electron chi connectivity index (χ1n) is 8.59. The Morgan fingerprint density at radius 1 is 1.04 bits per heavy atom. The minimum Gasteiger partial charge on any atom is -0.494 e. The van der Waals surface area contributed by atoms with Gasteiger partial charge in [-0.1, -0.05) is 36.4 Å². The Labute approximate surface area is 153 Å². The normalized spacial score (nSPS) is 10.3. The molecule has 0 saturated carbocycles. The highest BCUT2D eigenvalue weighted by Gasteiger charge is 2.16. The summed E-state index contributed by atoms with van der Waals surface area (Å²) in [6.45, 7) is 3.38. The van der Waals surface area contributed by atoms with E-state index < -0.39 is 0 Å². The van der Waals surface area contributed by atoms with E-state index in [1.807, 2.05) is 73.7 Å². The topological polar surface area (TPSA) is 54.7 Å². The van der Waals surface area contributed by atoms with Crippen molar-refractivity contribution in [2.75, 3.05) is 11.9 Å². The van der Waals surface area contributed by atoms with E-state index in [1.165, 1.54) is 0 Å². The van der Waals surface area contributed by atoms with Crippen LogP contribution in [0.5, 0.6) is 5.75 Å². The van der Waals surface area contributed by atoms with Crippen LogP contribution in [0.15, 0.2) is 77.4 Å². The Morgan fingerprint density at radius 2 is 1.88 bits per heavy atom. The Bertz CT molecular complexity index is 816. The van der Waals surface area contributed by atoms with Crippen molar-refractivity contribution in [1.82, 2.24) is 4.90 Å². The third-order valence-electron chi connectivity index (χ3n) is 3.83. The first kappa shape index (κ1) is 17.6. The second kappa shape index (κ2) is 8.76. The number of amides is 2. The third-order valence-corrected chi connectivity index (χ3v) is 3.83. The molecule has 26 heavy (non-hydrogen) atoms. The molecule has 134 valence electrons. The van der Waals surface area contributed by atoms with Gasteiger partial charge in [0.15, 0.2) is 0 Å². The molecule has 5 heteroatoms. The molecule has 1 heterocycles. The number of furan rings is 1. The average Bonchev–Trinajstić information content (AvgIpc) is 3.16. The van der Waals surface area contributed by atoms with E-state index in [2.05, 4.69) is 5.32 Å². The van der Waals surface area contributed by atoms with E-state index in [-0.39, 0.29) is 6.03 Å². The number of benzene rings is 2. The number of anilines is 1. The number of carbonyl (C=O) groups excluding carboxylic acids is 1. The number of hydrogen-bond acceptors (Lipinski definition) is 3. The van der Waals surface area contributed by atoms with Crippen LogP contribution in [0.2, 0.25) is 0 Å². The molecule has 5 nitrogen and oxygen atoms in total. The Morgan fingerprint density at radius 3 is 2.62 bits per heavy atom. The number of nitrogens with zero attached hydrogens (tertiary/aromatic N) is 1. The highest BCUT2D eigenvalue weighted by Crippen LogP contribution is 2.19. The van der Waals surface area contributed by atoms with Crippen LogP contribution in [-0.4, -0.2) is 17.5 Å². The van der Waals surface area contributed by atoms with Gasteiger partial charge < -0.3 is 19.4 Å². The summed E-state index contributed by atoms with van der Waals surface area (Å²) in [5.74, 6) is 1.46. The fraction of sp³-hybridized carbons (Fsp3) is 0.190. The Hall–Kier alpha value is -3.21. The molecular formula is C21H22N2O3. The summed E-state index contributed by atoms with van der Waals surface area (Å²) in [6.07, 6.45) is 1.61. The van der Waals surface area contributed by atoms with Crippen molar-refractivity contribution in [2.45, 2.75) is 20.0 Å². The maximum Gasteiger partial charge on any atom is 0.322 e. The van der Waals surface area contributed by atoms with Gasteiger partial charge in [-0.2, -0.15) is 0 Å². The lowest BCUT2D eigenvalue weighted by atomic mass is 10.2. The Balaban J connectivity index is 1.74. The SMILES string of the molecule is CCOc1cccc(NC(=O)N(Cc2ccccc2)Cc2ccco2)c1. The highest BCUT2D eigenvalue weighted by atomic mass is 16.5. The van der Waals surface area contributed by atoms with Gasteiger partial charge in [-0.15, -0.1) is 0 Å². The van der Waals surface area contributed by atoms with Gasteiger partial charge in [-0.25, -0.2) is 4.79 Å². The van der Waals surface area contributed by atoms with Gasteiger partial charge in [0.1, 0.15) is 11.5 Å². The van der Waals surface area contributed by atoms with Crippen molar-refractivity contribution in [1.29, 1.82) is 0 Å². The van der Waals surface area contributed by atoms with Gasteiger partial charge >= 0.3 is 6.03 Å². The van der Waals surface area contributed by atoms with E-state index in [1.54, 1.807) is 11.2 Å². The number of carbonyl (C=O) groups is 1. The van der Waals surface area contributed by atoms with Crippen LogP contribution in [0.25, 0.3) is 0 Å². The summed E-state index contributed by atoms with van der Waals surface area (Å²) >= 11 is 0. The van der Waals surface area contributed by atoms with E-state index >= 15 is 0 Å². The van der Waals surface area contributed by atoms with E-state index in [4.69, 9.17) is 9.15 Å². The van der Waals surface area contributed by atoms with Crippen LogP contribution in [0.4, 0.5) is 10.5 Å². The quantitative estimate of drug-likeness (QED) is 0.658. The maximum atomic E-state index is 12.8. The molecule has 0 saturated heterocycles. The number of ether oxygens (including phenoxy) is 1. The molecule has 0 unspecified atom stereocenters. The van der Waals surface area contributed by atoms with Crippen LogP contribution in [0, 0.1) is 0 Å². The van der Waals surface area contributed by atoms with Gasteiger partial charge in [0.05, 0.1) is 19.4 Å². The predicted octanol–water partition coefficient (Wildman–Crippen LogP) is 4.91. The lowest BCUT2D eigenvalue weighted by Gasteiger charge is -2.22. The minimum atomic E-state index is -0.195. The fourth-order valence-electron chi connectivity index (χ4n) is 2.63. The van der Waals surface area contributed by atoms with Crippen LogP contribution >= 0.6 is 0 Å². The molecule has 1 N–H and O–H groups in total. The van der Waals surface area contributed by atoms with Crippen molar-refractivity contribution in [3.8, 4) is 5.75 Å². The summed E-state index contributed by atoms with van der Waals surface area (Å²) in [6, 6.07) is 20.7. The molecule has 0 aliphatic rings. The molecule has 2 amide bonds. The molecular weight excluding hydrogens is 328 g/mol. The van der Waals surface area contributed by atoms with E-state index in [9.17, 15) is 4.79 Å². The summed E-state index contributed by atoms with van der Waals surface area (Å²) in [5, 5.41) is 2.94. The zero-order chi connectivity index (χ0) is 18.2. The molecule has 1 aromatic heterocycles. The summed E-state index contributed by atoms with van der Waals surface area (Å²) in [4.78, 5) is 14.6. The second-order valence-corrected chi connectivity index (χ2v) is 5.81. The van der Waals surface area contributed by atoms with Gasteiger partial charge in [-0.05, 0) is 36.8 Å². The molecule has 0 atom stereocenters. The van der Waals surface area contributed by atoms with E-state index in [0.29, 0.717) is 25.4 Å². The molecule has 0 fully saturated rings. The largest absolute Gasteiger partial charge is 0.494 e. The summed E-state index contributed by atoms with van der Waals surface area (Å²) in [7, 11) is 0. The Kier molecular flexibility index (Phi) is 5.93. The summed E-state index contributed by atoms with van der Waals surface area (Å²) < 4.78 is 10.9. The number of nitrogens with one attached hydrogen (secondary N) is 1. The molecule has 0 aliphatic carbocycles. The number of urea groups is 1. The fourth-order valence-corrected chi connectivity index (χ4v) is 2.63. The molecule has 2 aromatic carbocycles. The zero-order valence-corrected chi connectivity index (χ0v) is 14.7. The molecule has 3 aromatic rings. The van der Waals surface area contributed by atoms with Gasteiger partial charge in [0.25, 0.3) is 0 Å². The molecule has 0 bridgehead atoms. The van der Waals surface area contributed by atoms with Crippen molar-refractivity contribution in [2.24, 2.45) is 0 Å². The van der Waals surface area contributed by atoms with Gasteiger partial charge in [0.2, 0.25) is 0 Å². The summed E-state index contributed by atoms with van der Waals surface area (Å²) in [5.41, 5.74) is 1.75. The van der Waals surface area contributed by atoms with Gasteiger partial charge in [-0.3, -0.25) is 0 Å². The monoisotopic (exact) mass is 350 g/mol. The molecule has 0 aliphatic heterocycles. The zero-order valence-electron chi connectivity index (χ0n) is 14.7. The third kappa shape index (κ3) is 4.89. The van der Waals surface area contributed by atoms with Crippen LogP contribution in [-0.2, 0) is 13.1 Å². The van der Waals surface area contributed by atoms with Crippen LogP contribution in [0.1, 0.15) is 18.2 Å². The smallest absolute Gasteiger partial charge is 0.322 e. The number of rotatable bonds is 7. The van der Waals surface area contributed by atoms with Crippen molar-refractivity contribution >= 4 is 11.7 Å². The lowest BCUT2D eigenvalue weighted by Crippen LogP contribution is -2.33. The van der Waals surface area contributed by atoms with Gasteiger partial charge in [0, 0.05) is 18.3 Å². The minimum absolute atomic E-state index is 0.195. The molecule has 0 spiro atoms. The molecule has 3 rings (SSSR count).